The number of carbonyl (C=O) groups excluding carboxylic acids is 1. The second-order valence-corrected chi connectivity index (χ2v) is 2.99. The highest BCUT2D eigenvalue weighted by atomic mass is 16.7. The minimum Gasteiger partial charge on any atom is -0.449 e. The van der Waals surface area contributed by atoms with Gasteiger partial charge in [0.25, 0.3) is 0 Å². The molecule has 0 N–H and O–H groups in total. The zero-order valence-electron chi connectivity index (χ0n) is 6.38. The van der Waals surface area contributed by atoms with Gasteiger partial charge >= 0.3 is 0 Å². The molecule has 0 unspecified atom stereocenters. The van der Waals surface area contributed by atoms with Crippen molar-refractivity contribution in [2.75, 3.05) is 0 Å². The fraction of sp³-hybridized carbons (Fsp3) is 0.375. The number of hydrogen-bond donors (Lipinski definition) is 0. The summed E-state index contributed by atoms with van der Waals surface area (Å²) >= 11 is 0. The van der Waals surface area contributed by atoms with E-state index in [1.165, 1.54) is 6.08 Å². The fourth-order valence-corrected chi connectivity index (χ4v) is 1.14. The van der Waals surface area contributed by atoms with Crippen molar-refractivity contribution in [2.24, 2.45) is 0 Å². The SMILES string of the molecule is CC1(C)OC2=C(O1)C(=O)C=C2. The Morgan fingerprint density at radius 2 is 2.00 bits per heavy atom. The monoisotopic (exact) mass is 152 g/mol. The van der Waals surface area contributed by atoms with E-state index >= 15 is 0 Å². The van der Waals surface area contributed by atoms with Crippen LogP contribution in [-0.2, 0) is 14.3 Å². The summed E-state index contributed by atoms with van der Waals surface area (Å²) in [6, 6.07) is 0. The second-order valence-electron chi connectivity index (χ2n) is 2.99. The van der Waals surface area contributed by atoms with Gasteiger partial charge in [-0.25, -0.2) is 0 Å². The molecule has 0 amide bonds. The number of hydrogen-bond acceptors (Lipinski definition) is 3. The molecule has 2 aliphatic rings. The van der Waals surface area contributed by atoms with Crippen LogP contribution >= 0.6 is 0 Å². The first-order valence-electron chi connectivity index (χ1n) is 3.43. The Morgan fingerprint density at radius 1 is 1.27 bits per heavy atom. The quantitative estimate of drug-likeness (QED) is 0.521. The summed E-state index contributed by atoms with van der Waals surface area (Å²) in [6.07, 6.45) is 3.08. The van der Waals surface area contributed by atoms with Crippen molar-refractivity contribution in [3.8, 4) is 0 Å². The van der Waals surface area contributed by atoms with E-state index in [0.29, 0.717) is 11.5 Å². The molecule has 0 fully saturated rings. The zero-order valence-corrected chi connectivity index (χ0v) is 6.38. The Kier molecular flexibility index (Phi) is 0.980. The molecule has 0 atom stereocenters. The van der Waals surface area contributed by atoms with Gasteiger partial charge in [0, 0.05) is 13.8 Å². The van der Waals surface area contributed by atoms with Crippen molar-refractivity contribution in [3.05, 3.63) is 23.7 Å². The molecule has 0 aromatic rings. The molecule has 3 heteroatoms. The minimum absolute atomic E-state index is 0.106. The first-order valence-corrected chi connectivity index (χ1v) is 3.43. The van der Waals surface area contributed by atoms with Crippen LogP contribution in [0.1, 0.15) is 13.8 Å². The number of ketones is 1. The van der Waals surface area contributed by atoms with Crippen LogP contribution in [0.15, 0.2) is 23.7 Å². The van der Waals surface area contributed by atoms with E-state index in [2.05, 4.69) is 0 Å². The van der Waals surface area contributed by atoms with E-state index in [-0.39, 0.29) is 5.78 Å². The normalized spacial score (nSPS) is 25.1. The van der Waals surface area contributed by atoms with E-state index < -0.39 is 5.79 Å². The van der Waals surface area contributed by atoms with E-state index in [1.54, 1.807) is 19.9 Å². The highest BCUT2D eigenvalue weighted by Gasteiger charge is 2.38. The van der Waals surface area contributed by atoms with Crippen molar-refractivity contribution in [1.82, 2.24) is 0 Å². The van der Waals surface area contributed by atoms with E-state index in [1.807, 2.05) is 0 Å². The predicted molar refractivity (Wildman–Crippen MR) is 37.4 cm³/mol. The Morgan fingerprint density at radius 3 is 2.64 bits per heavy atom. The Balaban J connectivity index is 2.33. The summed E-state index contributed by atoms with van der Waals surface area (Å²) in [5.41, 5.74) is 0. The smallest absolute Gasteiger partial charge is 0.246 e. The predicted octanol–water partition coefficient (Wildman–Crippen LogP) is 1.12. The standard InChI is InChI=1S/C8H8O3/c1-8(2)10-6-4-3-5(9)7(6)11-8/h3-4H,1-2H3. The summed E-state index contributed by atoms with van der Waals surface area (Å²) in [6.45, 7) is 3.54. The summed E-state index contributed by atoms with van der Waals surface area (Å²) < 4.78 is 10.5. The third-order valence-corrected chi connectivity index (χ3v) is 1.54. The summed E-state index contributed by atoms with van der Waals surface area (Å²) in [7, 11) is 0. The number of rotatable bonds is 0. The second kappa shape index (κ2) is 1.67. The van der Waals surface area contributed by atoms with Gasteiger partial charge in [0.05, 0.1) is 0 Å². The van der Waals surface area contributed by atoms with Gasteiger partial charge in [0.1, 0.15) is 0 Å². The minimum atomic E-state index is -0.676. The van der Waals surface area contributed by atoms with E-state index in [4.69, 9.17) is 9.47 Å². The lowest BCUT2D eigenvalue weighted by atomic mass is 10.3. The molecule has 0 bridgehead atoms. The number of allylic oxidation sites excluding steroid dienone is 2. The average Bonchev–Trinajstić information content (AvgIpc) is 2.31. The van der Waals surface area contributed by atoms with Crippen LogP contribution in [0.4, 0.5) is 0 Å². The van der Waals surface area contributed by atoms with Gasteiger partial charge < -0.3 is 9.47 Å². The molecule has 11 heavy (non-hydrogen) atoms. The summed E-state index contributed by atoms with van der Waals surface area (Å²) in [5, 5.41) is 0. The van der Waals surface area contributed by atoms with Gasteiger partial charge in [-0.2, -0.15) is 0 Å². The molecule has 0 aromatic carbocycles. The van der Waals surface area contributed by atoms with Crippen molar-refractivity contribution in [3.63, 3.8) is 0 Å². The van der Waals surface area contributed by atoms with Crippen molar-refractivity contribution < 1.29 is 14.3 Å². The summed E-state index contributed by atoms with van der Waals surface area (Å²) in [4.78, 5) is 11.0. The van der Waals surface area contributed by atoms with Gasteiger partial charge in [0.15, 0.2) is 5.76 Å². The van der Waals surface area contributed by atoms with Crippen LogP contribution in [0, 0.1) is 0 Å². The molecule has 1 heterocycles. The largest absolute Gasteiger partial charge is 0.449 e. The van der Waals surface area contributed by atoms with Gasteiger partial charge in [-0.05, 0) is 12.2 Å². The van der Waals surface area contributed by atoms with Gasteiger partial charge in [-0.3, -0.25) is 4.79 Å². The zero-order chi connectivity index (χ0) is 8.06. The third kappa shape index (κ3) is 0.843. The highest BCUT2D eigenvalue weighted by molar-refractivity contribution is 6.06. The Bertz CT molecular complexity index is 274. The molecule has 0 saturated carbocycles. The fourth-order valence-electron chi connectivity index (χ4n) is 1.14. The van der Waals surface area contributed by atoms with Crippen LogP contribution in [0.2, 0.25) is 0 Å². The first kappa shape index (κ1) is 6.46. The van der Waals surface area contributed by atoms with Gasteiger partial charge in [-0.1, -0.05) is 0 Å². The highest BCUT2D eigenvalue weighted by Crippen LogP contribution is 2.34. The molecular weight excluding hydrogens is 144 g/mol. The molecule has 1 aliphatic heterocycles. The Hall–Kier alpha value is -1.25. The summed E-state index contributed by atoms with van der Waals surface area (Å²) in [5.74, 6) is 0.117. The molecule has 2 rings (SSSR count). The maximum atomic E-state index is 11.0. The van der Waals surface area contributed by atoms with Crippen LogP contribution in [0.25, 0.3) is 0 Å². The molecule has 0 aromatic heterocycles. The first-order chi connectivity index (χ1) is 5.08. The molecule has 1 aliphatic carbocycles. The molecule has 58 valence electrons. The molecule has 0 saturated heterocycles. The van der Waals surface area contributed by atoms with Crippen LogP contribution in [0.5, 0.6) is 0 Å². The maximum absolute atomic E-state index is 11.0. The maximum Gasteiger partial charge on any atom is 0.246 e. The van der Waals surface area contributed by atoms with Crippen LogP contribution in [-0.4, -0.2) is 11.6 Å². The molecular formula is C8H8O3. The van der Waals surface area contributed by atoms with E-state index in [9.17, 15) is 4.79 Å². The third-order valence-electron chi connectivity index (χ3n) is 1.54. The topological polar surface area (TPSA) is 35.5 Å². The van der Waals surface area contributed by atoms with Crippen LogP contribution < -0.4 is 0 Å². The lowest BCUT2D eigenvalue weighted by molar-refractivity contribution is -0.135. The lowest BCUT2D eigenvalue weighted by Crippen LogP contribution is -2.22. The van der Waals surface area contributed by atoms with Crippen molar-refractivity contribution in [2.45, 2.75) is 19.6 Å². The lowest BCUT2D eigenvalue weighted by Gasteiger charge is -2.18. The average molecular weight is 152 g/mol. The molecule has 3 nitrogen and oxygen atoms in total. The van der Waals surface area contributed by atoms with Gasteiger partial charge in [-0.15, -0.1) is 0 Å². The molecule has 0 spiro atoms. The molecule has 0 radical (unpaired) electrons. The van der Waals surface area contributed by atoms with Gasteiger partial charge in [0.2, 0.25) is 17.3 Å². The van der Waals surface area contributed by atoms with Crippen molar-refractivity contribution >= 4 is 5.78 Å². The number of carbonyl (C=O) groups is 1. The number of ether oxygens (including phenoxy) is 2. The van der Waals surface area contributed by atoms with Crippen LogP contribution in [0.3, 0.4) is 0 Å². The Labute approximate surface area is 64.3 Å². The van der Waals surface area contributed by atoms with Crippen molar-refractivity contribution in [1.29, 1.82) is 0 Å². The van der Waals surface area contributed by atoms with E-state index in [0.717, 1.165) is 0 Å².